The van der Waals surface area contributed by atoms with Crippen molar-refractivity contribution in [2.45, 2.75) is 25.8 Å². The topological polar surface area (TPSA) is 41.6 Å². The van der Waals surface area contributed by atoms with E-state index in [0.717, 1.165) is 37.4 Å². The van der Waals surface area contributed by atoms with Gasteiger partial charge < -0.3 is 15.0 Å². The minimum Gasteiger partial charge on any atom is -0.377 e. The second-order valence-electron chi connectivity index (χ2n) is 4.90. The van der Waals surface area contributed by atoms with Gasteiger partial charge in [0.25, 0.3) is 0 Å². The van der Waals surface area contributed by atoms with E-state index in [4.69, 9.17) is 4.74 Å². The predicted octanol–water partition coefficient (Wildman–Crippen LogP) is 1.80. The van der Waals surface area contributed by atoms with Gasteiger partial charge in [-0.15, -0.1) is 0 Å². The van der Waals surface area contributed by atoms with Crippen molar-refractivity contribution in [1.29, 1.82) is 0 Å². The van der Waals surface area contributed by atoms with Crippen LogP contribution in [0.1, 0.15) is 18.9 Å². The highest BCUT2D eigenvalue weighted by atomic mass is 16.5. The Morgan fingerprint density at radius 2 is 2.39 bits per heavy atom. The van der Waals surface area contributed by atoms with Crippen LogP contribution in [0, 0.1) is 0 Å². The molecule has 0 saturated carbocycles. The summed E-state index contributed by atoms with van der Waals surface area (Å²) in [4.78, 5) is 13.8. The van der Waals surface area contributed by atoms with E-state index in [0.29, 0.717) is 12.5 Å². The lowest BCUT2D eigenvalue weighted by molar-refractivity contribution is -0.115. The monoisotopic (exact) mass is 246 g/mol. The molecule has 0 bridgehead atoms. The summed E-state index contributed by atoms with van der Waals surface area (Å²) in [7, 11) is 0. The summed E-state index contributed by atoms with van der Waals surface area (Å²) in [6.07, 6.45) is 1.58. The summed E-state index contributed by atoms with van der Waals surface area (Å²) < 4.78 is 5.53. The first-order chi connectivity index (χ1) is 8.78. The van der Waals surface area contributed by atoms with E-state index in [9.17, 15) is 4.79 Å². The van der Waals surface area contributed by atoms with Crippen molar-refractivity contribution < 1.29 is 9.53 Å². The number of hydrogen-bond acceptors (Lipinski definition) is 3. The first-order valence-electron chi connectivity index (χ1n) is 6.55. The van der Waals surface area contributed by atoms with E-state index >= 15 is 0 Å². The third-order valence-corrected chi connectivity index (χ3v) is 3.74. The molecule has 1 aromatic carbocycles. The Morgan fingerprint density at radius 1 is 1.50 bits per heavy atom. The quantitative estimate of drug-likeness (QED) is 0.865. The van der Waals surface area contributed by atoms with Gasteiger partial charge in [0.2, 0.25) is 5.91 Å². The molecule has 2 heterocycles. The van der Waals surface area contributed by atoms with Crippen LogP contribution in [-0.4, -0.2) is 31.7 Å². The minimum absolute atomic E-state index is 0.0937. The van der Waals surface area contributed by atoms with Gasteiger partial charge in [-0.3, -0.25) is 4.79 Å². The van der Waals surface area contributed by atoms with Gasteiger partial charge in [-0.1, -0.05) is 6.92 Å². The number of nitrogens with one attached hydrogen (secondary N) is 1. The second-order valence-corrected chi connectivity index (χ2v) is 4.90. The fourth-order valence-corrected chi connectivity index (χ4v) is 2.73. The van der Waals surface area contributed by atoms with Gasteiger partial charge in [0, 0.05) is 17.9 Å². The molecule has 1 atom stereocenters. The standard InChI is InChI=1S/C14H18N2O2/c1-2-11-9-18-6-5-16(11)12-3-4-13-10(7-12)8-14(17)15-13/h3-4,7,11H,2,5-6,8-9H2,1H3,(H,15,17)/t11-/m0/s1. The smallest absolute Gasteiger partial charge is 0.228 e. The summed E-state index contributed by atoms with van der Waals surface area (Å²) in [5.74, 6) is 0.0937. The van der Waals surface area contributed by atoms with E-state index in [-0.39, 0.29) is 5.91 Å². The normalized spacial score (nSPS) is 22.8. The molecule has 3 rings (SSSR count). The number of rotatable bonds is 2. The molecule has 0 radical (unpaired) electrons. The predicted molar refractivity (Wildman–Crippen MR) is 71.0 cm³/mol. The SMILES string of the molecule is CC[C@H]1COCCN1c1ccc2c(c1)CC(=O)N2. The molecule has 4 heteroatoms. The van der Waals surface area contributed by atoms with Crippen LogP contribution in [0.4, 0.5) is 11.4 Å². The number of benzene rings is 1. The zero-order valence-electron chi connectivity index (χ0n) is 10.6. The zero-order chi connectivity index (χ0) is 12.5. The van der Waals surface area contributed by atoms with E-state index < -0.39 is 0 Å². The van der Waals surface area contributed by atoms with E-state index in [1.54, 1.807) is 0 Å². The first kappa shape index (κ1) is 11.5. The molecule has 2 aliphatic heterocycles. The zero-order valence-corrected chi connectivity index (χ0v) is 10.6. The van der Waals surface area contributed by atoms with Gasteiger partial charge in [-0.05, 0) is 30.2 Å². The molecule has 2 aliphatic rings. The lowest BCUT2D eigenvalue weighted by atomic mass is 10.1. The van der Waals surface area contributed by atoms with Gasteiger partial charge in [0.15, 0.2) is 0 Å². The maximum Gasteiger partial charge on any atom is 0.228 e. The van der Waals surface area contributed by atoms with Crippen molar-refractivity contribution >= 4 is 17.3 Å². The van der Waals surface area contributed by atoms with E-state index in [1.165, 1.54) is 5.69 Å². The van der Waals surface area contributed by atoms with E-state index in [1.807, 2.05) is 6.07 Å². The average Bonchev–Trinajstić information content (AvgIpc) is 2.77. The lowest BCUT2D eigenvalue weighted by Crippen LogP contribution is -2.45. The maximum atomic E-state index is 11.4. The summed E-state index contributed by atoms with van der Waals surface area (Å²) >= 11 is 0. The number of fused-ring (bicyclic) bond motifs is 1. The van der Waals surface area contributed by atoms with Crippen molar-refractivity contribution in [1.82, 2.24) is 0 Å². The highest BCUT2D eigenvalue weighted by Crippen LogP contribution is 2.29. The van der Waals surface area contributed by atoms with Gasteiger partial charge >= 0.3 is 0 Å². The van der Waals surface area contributed by atoms with Crippen molar-refractivity contribution in [3.05, 3.63) is 23.8 Å². The molecule has 96 valence electrons. The van der Waals surface area contributed by atoms with Crippen LogP contribution in [-0.2, 0) is 16.0 Å². The van der Waals surface area contributed by atoms with Gasteiger partial charge in [0.1, 0.15) is 0 Å². The first-order valence-corrected chi connectivity index (χ1v) is 6.55. The van der Waals surface area contributed by atoms with Crippen LogP contribution in [0.25, 0.3) is 0 Å². The maximum absolute atomic E-state index is 11.4. The summed E-state index contributed by atoms with van der Waals surface area (Å²) in [5, 5.41) is 2.87. The molecule has 1 saturated heterocycles. The molecule has 18 heavy (non-hydrogen) atoms. The molecule has 0 aliphatic carbocycles. The molecule has 0 spiro atoms. The van der Waals surface area contributed by atoms with Crippen molar-refractivity contribution in [3.8, 4) is 0 Å². The number of amides is 1. The Kier molecular flexibility index (Phi) is 2.96. The van der Waals surface area contributed by atoms with Crippen LogP contribution in [0.15, 0.2) is 18.2 Å². The Bertz CT molecular complexity index is 473. The molecule has 1 N–H and O–H groups in total. The van der Waals surface area contributed by atoms with Crippen LogP contribution in [0.2, 0.25) is 0 Å². The summed E-state index contributed by atoms with van der Waals surface area (Å²) in [6.45, 7) is 4.69. The van der Waals surface area contributed by atoms with Crippen molar-refractivity contribution in [2.24, 2.45) is 0 Å². The lowest BCUT2D eigenvalue weighted by Gasteiger charge is -2.37. The van der Waals surface area contributed by atoms with Crippen LogP contribution < -0.4 is 10.2 Å². The number of ether oxygens (including phenoxy) is 1. The number of nitrogens with zero attached hydrogens (tertiary/aromatic N) is 1. The summed E-state index contributed by atoms with van der Waals surface area (Å²) in [5.41, 5.74) is 3.28. The van der Waals surface area contributed by atoms with Gasteiger partial charge in [0.05, 0.1) is 25.7 Å². The number of hydrogen-bond donors (Lipinski definition) is 1. The molecule has 0 unspecified atom stereocenters. The molecule has 1 aromatic rings. The van der Waals surface area contributed by atoms with Gasteiger partial charge in [-0.2, -0.15) is 0 Å². The molecular weight excluding hydrogens is 228 g/mol. The number of morpholine rings is 1. The molecule has 4 nitrogen and oxygen atoms in total. The number of carbonyl (C=O) groups is 1. The average molecular weight is 246 g/mol. The van der Waals surface area contributed by atoms with Crippen LogP contribution in [0.5, 0.6) is 0 Å². The third kappa shape index (κ3) is 1.97. The van der Waals surface area contributed by atoms with E-state index in [2.05, 4.69) is 29.3 Å². The second kappa shape index (κ2) is 4.61. The molecule has 0 aromatic heterocycles. The highest BCUT2D eigenvalue weighted by molar-refractivity contribution is 5.99. The van der Waals surface area contributed by atoms with Crippen LogP contribution in [0.3, 0.4) is 0 Å². The Balaban J connectivity index is 1.88. The Morgan fingerprint density at radius 3 is 3.22 bits per heavy atom. The molecule has 1 amide bonds. The number of anilines is 2. The molecule has 1 fully saturated rings. The third-order valence-electron chi connectivity index (χ3n) is 3.74. The summed E-state index contributed by atoms with van der Waals surface area (Å²) in [6, 6.07) is 6.69. The molecular formula is C14H18N2O2. The van der Waals surface area contributed by atoms with Crippen molar-refractivity contribution in [3.63, 3.8) is 0 Å². The Hall–Kier alpha value is -1.55. The van der Waals surface area contributed by atoms with Crippen LogP contribution >= 0.6 is 0 Å². The number of carbonyl (C=O) groups excluding carboxylic acids is 1. The highest BCUT2D eigenvalue weighted by Gasteiger charge is 2.24. The largest absolute Gasteiger partial charge is 0.377 e. The minimum atomic E-state index is 0.0937. The van der Waals surface area contributed by atoms with Crippen molar-refractivity contribution in [2.75, 3.05) is 30.0 Å². The fourth-order valence-electron chi connectivity index (χ4n) is 2.73. The van der Waals surface area contributed by atoms with Gasteiger partial charge in [-0.25, -0.2) is 0 Å². The fraction of sp³-hybridized carbons (Fsp3) is 0.500. The Labute approximate surface area is 107 Å².